The van der Waals surface area contributed by atoms with Crippen LogP contribution in [0.2, 0.25) is 0 Å². The molecule has 1 atom stereocenters. The lowest BCUT2D eigenvalue weighted by Crippen LogP contribution is -2.34. The summed E-state index contributed by atoms with van der Waals surface area (Å²) < 4.78 is 4.58. The summed E-state index contributed by atoms with van der Waals surface area (Å²) >= 11 is 3.46. The lowest BCUT2D eigenvalue weighted by atomic mass is 10.0. The SMILES string of the molecule is CCCCCCCCCCCCCCOC(Br)(C(=O)c1ccccc1)c1nnn[nH]1. The van der Waals surface area contributed by atoms with Crippen LogP contribution in [0.3, 0.4) is 0 Å². The predicted molar refractivity (Wildman–Crippen MR) is 123 cm³/mol. The van der Waals surface area contributed by atoms with Crippen LogP contribution in [-0.2, 0) is 9.25 Å². The van der Waals surface area contributed by atoms with Crippen LogP contribution in [0.4, 0.5) is 0 Å². The molecule has 1 N–H and O–H groups in total. The second-order valence-corrected chi connectivity index (χ2v) is 8.89. The monoisotopic (exact) mass is 478 g/mol. The van der Waals surface area contributed by atoms with Crippen LogP contribution in [0.25, 0.3) is 0 Å². The van der Waals surface area contributed by atoms with Crippen molar-refractivity contribution in [3.05, 3.63) is 41.7 Å². The highest BCUT2D eigenvalue weighted by Crippen LogP contribution is 2.34. The average Bonchev–Trinajstić information content (AvgIpc) is 3.32. The number of hydrogen-bond donors (Lipinski definition) is 1. The number of carbonyl (C=O) groups excluding carboxylic acids is 1. The van der Waals surface area contributed by atoms with Crippen molar-refractivity contribution in [3.63, 3.8) is 0 Å². The van der Waals surface area contributed by atoms with Gasteiger partial charge in [-0.05, 0) is 32.8 Å². The number of hydrogen-bond acceptors (Lipinski definition) is 5. The van der Waals surface area contributed by atoms with E-state index in [9.17, 15) is 4.79 Å². The topological polar surface area (TPSA) is 80.8 Å². The second-order valence-electron chi connectivity index (χ2n) is 7.78. The zero-order valence-corrected chi connectivity index (χ0v) is 19.7. The first kappa shape index (κ1) is 24.7. The van der Waals surface area contributed by atoms with E-state index in [0.717, 1.165) is 12.8 Å². The third kappa shape index (κ3) is 8.26. The van der Waals surface area contributed by atoms with Crippen molar-refractivity contribution in [2.24, 2.45) is 0 Å². The molecule has 6 nitrogen and oxygen atoms in total. The molecule has 0 bridgehead atoms. The number of H-pyrrole nitrogens is 1. The van der Waals surface area contributed by atoms with Gasteiger partial charge in [0.05, 0.1) is 0 Å². The maximum Gasteiger partial charge on any atom is 0.247 e. The van der Waals surface area contributed by atoms with E-state index in [1.807, 2.05) is 18.2 Å². The summed E-state index contributed by atoms with van der Waals surface area (Å²) in [5.74, 6) is 0.0378. The summed E-state index contributed by atoms with van der Waals surface area (Å²) in [5.41, 5.74) is 0.542. The van der Waals surface area contributed by atoms with Gasteiger partial charge in [0.25, 0.3) is 0 Å². The molecule has 0 aliphatic heterocycles. The molecule has 0 aliphatic rings. The molecule has 0 spiro atoms. The number of Topliss-reactive ketones (excluding diaryl/α,β-unsaturated/α-hetero) is 1. The Morgan fingerprint density at radius 3 is 2.03 bits per heavy atom. The molecule has 0 aliphatic carbocycles. The Labute approximate surface area is 188 Å². The average molecular weight is 479 g/mol. The maximum absolute atomic E-state index is 13.0. The number of rotatable bonds is 17. The molecule has 7 heteroatoms. The van der Waals surface area contributed by atoms with Gasteiger partial charge in [0.1, 0.15) is 0 Å². The Morgan fingerprint density at radius 2 is 1.50 bits per heavy atom. The molecule has 1 unspecified atom stereocenters. The molecule has 0 fully saturated rings. The Bertz CT molecular complexity index is 696. The van der Waals surface area contributed by atoms with Crippen LogP contribution in [-0.4, -0.2) is 33.0 Å². The van der Waals surface area contributed by atoms with E-state index >= 15 is 0 Å². The van der Waals surface area contributed by atoms with Gasteiger partial charge in [-0.1, -0.05) is 108 Å². The van der Waals surface area contributed by atoms with Crippen LogP contribution in [0.15, 0.2) is 30.3 Å². The Balaban J connectivity index is 1.65. The van der Waals surface area contributed by atoms with Gasteiger partial charge in [-0.3, -0.25) is 4.79 Å². The molecule has 0 saturated carbocycles. The summed E-state index contributed by atoms with van der Waals surface area (Å²) in [6.45, 7) is 2.72. The van der Waals surface area contributed by atoms with Gasteiger partial charge >= 0.3 is 0 Å². The smallest absolute Gasteiger partial charge is 0.247 e. The molecule has 30 heavy (non-hydrogen) atoms. The van der Waals surface area contributed by atoms with Crippen LogP contribution in [0.1, 0.15) is 100 Å². The Morgan fingerprint density at radius 1 is 0.933 bits per heavy atom. The molecule has 0 amide bonds. The Hall–Kier alpha value is -1.60. The highest BCUT2D eigenvalue weighted by Gasteiger charge is 2.42. The van der Waals surface area contributed by atoms with Crippen LogP contribution in [0.5, 0.6) is 0 Å². The number of aromatic amines is 1. The number of ether oxygens (including phenoxy) is 1. The van der Waals surface area contributed by atoms with Crippen LogP contribution in [0, 0.1) is 0 Å². The van der Waals surface area contributed by atoms with E-state index in [2.05, 4.69) is 43.5 Å². The normalized spacial score (nSPS) is 13.3. The van der Waals surface area contributed by atoms with Gasteiger partial charge in [0.2, 0.25) is 10.3 Å². The van der Waals surface area contributed by atoms with E-state index in [0.29, 0.717) is 12.2 Å². The number of aromatic nitrogens is 4. The van der Waals surface area contributed by atoms with Crippen LogP contribution >= 0.6 is 15.9 Å². The van der Waals surface area contributed by atoms with Crippen molar-refractivity contribution in [2.45, 2.75) is 88.5 Å². The van der Waals surface area contributed by atoms with Crippen molar-refractivity contribution in [1.82, 2.24) is 20.6 Å². The number of tetrazole rings is 1. The second kappa shape index (κ2) is 14.4. The number of nitrogens with zero attached hydrogens (tertiary/aromatic N) is 3. The minimum atomic E-state index is -1.39. The van der Waals surface area contributed by atoms with Gasteiger partial charge in [0.15, 0.2) is 5.82 Å². The number of nitrogens with one attached hydrogen (secondary N) is 1. The summed E-state index contributed by atoms with van der Waals surface area (Å²) in [6.07, 6.45) is 15.3. The maximum atomic E-state index is 13.0. The van der Waals surface area contributed by atoms with Crippen LogP contribution < -0.4 is 0 Å². The highest BCUT2D eigenvalue weighted by molar-refractivity contribution is 9.10. The van der Waals surface area contributed by atoms with Crippen molar-refractivity contribution in [2.75, 3.05) is 6.61 Å². The van der Waals surface area contributed by atoms with E-state index in [4.69, 9.17) is 4.74 Å². The first-order valence-corrected chi connectivity index (χ1v) is 12.1. The number of unbranched alkanes of at least 4 members (excludes halogenated alkanes) is 11. The van der Waals surface area contributed by atoms with Gasteiger partial charge in [-0.2, -0.15) is 0 Å². The van der Waals surface area contributed by atoms with Gasteiger partial charge in [-0.25, -0.2) is 5.10 Å². The summed E-state index contributed by atoms with van der Waals surface area (Å²) in [4.78, 5) is 13.0. The number of halogens is 1. The zero-order valence-electron chi connectivity index (χ0n) is 18.1. The fourth-order valence-corrected chi connectivity index (χ4v) is 4.03. The largest absolute Gasteiger partial charge is 0.350 e. The standard InChI is InChI=1S/C23H35BrN4O2/c1-2-3-4-5-6-7-8-9-10-11-12-16-19-30-23(24,22-25-27-28-26-22)21(29)20-17-14-13-15-18-20/h13-15,17-18H,2-12,16,19H2,1H3,(H,25,26,27,28). The van der Waals surface area contributed by atoms with E-state index in [1.165, 1.54) is 64.2 Å². The molecule has 0 radical (unpaired) electrons. The minimum absolute atomic E-state index is 0.222. The highest BCUT2D eigenvalue weighted by atomic mass is 79.9. The first-order chi connectivity index (χ1) is 14.7. The molecule has 2 rings (SSSR count). The molecular weight excluding hydrogens is 444 g/mol. The number of ketones is 1. The third-order valence-corrected chi connectivity index (χ3v) is 6.24. The lowest BCUT2D eigenvalue weighted by molar-refractivity contribution is 0.0212. The molecule has 1 heterocycles. The molecule has 0 saturated heterocycles. The molecule has 1 aromatic carbocycles. The first-order valence-electron chi connectivity index (χ1n) is 11.4. The fourth-order valence-electron chi connectivity index (χ4n) is 3.47. The van der Waals surface area contributed by atoms with Crippen molar-refractivity contribution in [1.29, 1.82) is 0 Å². The third-order valence-electron chi connectivity index (χ3n) is 5.28. The summed E-state index contributed by atoms with van der Waals surface area (Å²) in [5, 5.41) is 13.8. The summed E-state index contributed by atoms with van der Waals surface area (Å²) in [7, 11) is 0. The fraction of sp³-hybridized carbons (Fsp3) is 0.652. The quantitative estimate of drug-likeness (QED) is 0.163. The molecule has 166 valence electrons. The molecule has 1 aromatic heterocycles. The van der Waals surface area contributed by atoms with Crippen molar-refractivity contribution in [3.8, 4) is 0 Å². The van der Waals surface area contributed by atoms with Gasteiger partial charge < -0.3 is 4.74 Å². The summed E-state index contributed by atoms with van der Waals surface area (Å²) in [6, 6.07) is 9.04. The van der Waals surface area contributed by atoms with Crippen molar-refractivity contribution < 1.29 is 9.53 Å². The molecular formula is C23H35BrN4O2. The van der Waals surface area contributed by atoms with Gasteiger partial charge in [0, 0.05) is 12.2 Å². The predicted octanol–water partition coefficient (Wildman–Crippen LogP) is 6.35. The van der Waals surface area contributed by atoms with E-state index in [1.54, 1.807) is 12.1 Å². The lowest BCUT2D eigenvalue weighted by Gasteiger charge is -2.23. The Kier molecular flexibility index (Phi) is 11.9. The minimum Gasteiger partial charge on any atom is -0.350 e. The van der Waals surface area contributed by atoms with Gasteiger partial charge in [-0.15, -0.1) is 5.10 Å². The zero-order chi connectivity index (χ0) is 21.5. The van der Waals surface area contributed by atoms with E-state index in [-0.39, 0.29) is 11.6 Å². The van der Waals surface area contributed by atoms with Crippen molar-refractivity contribution >= 4 is 21.7 Å². The molecule has 2 aromatic rings. The number of benzene rings is 1. The number of carbonyl (C=O) groups is 1. The number of alkyl halides is 1. The van der Waals surface area contributed by atoms with E-state index < -0.39 is 4.51 Å².